The molecule has 118 valence electrons. The zero-order valence-corrected chi connectivity index (χ0v) is 14.1. The smallest absolute Gasteiger partial charge is 0.0139 e. The molecule has 1 aromatic carbocycles. The lowest BCUT2D eigenvalue weighted by molar-refractivity contribution is 0.238. The molecule has 1 aliphatic rings. The summed E-state index contributed by atoms with van der Waals surface area (Å²) in [7, 11) is 0. The summed E-state index contributed by atoms with van der Waals surface area (Å²) in [5, 5.41) is 0. The number of aryl methyl sites for hydroxylation is 1. The molecule has 0 saturated heterocycles. The lowest BCUT2D eigenvalue weighted by Gasteiger charge is -2.33. The molecule has 21 heavy (non-hydrogen) atoms. The predicted octanol–water partition coefficient (Wildman–Crippen LogP) is 3.87. The first-order valence-corrected chi connectivity index (χ1v) is 8.61. The van der Waals surface area contributed by atoms with E-state index in [2.05, 4.69) is 49.9 Å². The molecule has 1 aromatic rings. The standard InChI is InChI=1S/C19H32N2/c1-4-21(15-17(3)20)14-13-19(11-5-6-12-19)18-9-7-16(2)8-10-18/h7-10,17H,4-6,11-15,20H2,1-3H3. The Bertz CT molecular complexity index is 416. The highest BCUT2D eigenvalue weighted by Gasteiger charge is 2.35. The minimum atomic E-state index is 0.267. The second-order valence-electron chi connectivity index (χ2n) is 6.97. The fraction of sp³-hybridized carbons (Fsp3) is 0.684. The summed E-state index contributed by atoms with van der Waals surface area (Å²) in [5.74, 6) is 0. The Kier molecular flexibility index (Phi) is 5.83. The quantitative estimate of drug-likeness (QED) is 0.825. The molecular weight excluding hydrogens is 256 g/mol. The van der Waals surface area contributed by atoms with Gasteiger partial charge >= 0.3 is 0 Å². The molecule has 0 aliphatic heterocycles. The van der Waals surface area contributed by atoms with E-state index in [1.807, 2.05) is 0 Å². The minimum Gasteiger partial charge on any atom is -0.327 e. The number of benzene rings is 1. The van der Waals surface area contributed by atoms with Crippen molar-refractivity contribution >= 4 is 0 Å². The number of hydrogen-bond acceptors (Lipinski definition) is 2. The summed E-state index contributed by atoms with van der Waals surface area (Å²) in [6.07, 6.45) is 6.74. The number of hydrogen-bond donors (Lipinski definition) is 1. The van der Waals surface area contributed by atoms with Crippen molar-refractivity contribution in [2.45, 2.75) is 64.3 Å². The van der Waals surface area contributed by atoms with Gasteiger partial charge in [0.05, 0.1) is 0 Å². The first kappa shape index (κ1) is 16.5. The summed E-state index contributed by atoms with van der Waals surface area (Å²) in [5.41, 5.74) is 9.31. The van der Waals surface area contributed by atoms with E-state index in [4.69, 9.17) is 5.73 Å². The van der Waals surface area contributed by atoms with E-state index >= 15 is 0 Å². The molecule has 1 fully saturated rings. The average molecular weight is 288 g/mol. The van der Waals surface area contributed by atoms with Crippen LogP contribution in [0.15, 0.2) is 24.3 Å². The molecule has 2 nitrogen and oxygen atoms in total. The van der Waals surface area contributed by atoms with Crippen molar-refractivity contribution in [2.24, 2.45) is 5.73 Å². The Balaban J connectivity index is 2.06. The molecule has 0 aromatic heterocycles. The number of likely N-dealkylation sites (N-methyl/N-ethyl adjacent to an activating group) is 1. The highest BCUT2D eigenvalue weighted by atomic mass is 15.1. The molecule has 2 rings (SSSR count). The Morgan fingerprint density at radius 2 is 1.81 bits per heavy atom. The van der Waals surface area contributed by atoms with Gasteiger partial charge in [0.1, 0.15) is 0 Å². The molecule has 0 heterocycles. The van der Waals surface area contributed by atoms with Gasteiger partial charge in [-0.1, -0.05) is 49.6 Å². The van der Waals surface area contributed by atoms with Crippen molar-refractivity contribution in [1.82, 2.24) is 4.90 Å². The fourth-order valence-corrected chi connectivity index (χ4v) is 3.80. The largest absolute Gasteiger partial charge is 0.327 e. The van der Waals surface area contributed by atoms with Crippen LogP contribution in [-0.2, 0) is 5.41 Å². The Labute approximate surface area is 130 Å². The Morgan fingerprint density at radius 3 is 2.33 bits per heavy atom. The maximum atomic E-state index is 5.97. The van der Waals surface area contributed by atoms with Crippen molar-refractivity contribution < 1.29 is 0 Å². The number of rotatable bonds is 7. The van der Waals surface area contributed by atoms with Gasteiger partial charge in [0, 0.05) is 12.6 Å². The van der Waals surface area contributed by atoms with Crippen LogP contribution in [0.5, 0.6) is 0 Å². The van der Waals surface area contributed by atoms with Gasteiger partial charge in [0.2, 0.25) is 0 Å². The summed E-state index contributed by atoms with van der Waals surface area (Å²) < 4.78 is 0. The maximum absolute atomic E-state index is 5.97. The van der Waals surface area contributed by atoms with Crippen LogP contribution in [0.4, 0.5) is 0 Å². The lowest BCUT2D eigenvalue weighted by atomic mass is 9.76. The molecule has 0 radical (unpaired) electrons. The van der Waals surface area contributed by atoms with Crippen LogP contribution in [-0.4, -0.2) is 30.6 Å². The van der Waals surface area contributed by atoms with E-state index in [-0.39, 0.29) is 6.04 Å². The van der Waals surface area contributed by atoms with Crippen molar-refractivity contribution in [1.29, 1.82) is 0 Å². The second kappa shape index (κ2) is 7.42. The third-order valence-electron chi connectivity index (χ3n) is 5.12. The number of nitrogens with zero attached hydrogens (tertiary/aromatic N) is 1. The molecule has 0 spiro atoms. The van der Waals surface area contributed by atoms with Gasteiger partial charge < -0.3 is 10.6 Å². The highest BCUT2D eigenvalue weighted by molar-refractivity contribution is 5.29. The van der Waals surface area contributed by atoms with Crippen LogP contribution in [0.2, 0.25) is 0 Å². The van der Waals surface area contributed by atoms with E-state index < -0.39 is 0 Å². The SMILES string of the molecule is CCN(CCC1(c2ccc(C)cc2)CCCC1)CC(C)N. The summed E-state index contributed by atoms with van der Waals surface area (Å²) in [6.45, 7) is 9.81. The molecule has 2 N–H and O–H groups in total. The van der Waals surface area contributed by atoms with Crippen LogP contribution in [0.25, 0.3) is 0 Å². The summed E-state index contributed by atoms with van der Waals surface area (Å²) in [4.78, 5) is 2.51. The van der Waals surface area contributed by atoms with Crippen LogP contribution >= 0.6 is 0 Å². The molecule has 1 saturated carbocycles. The van der Waals surface area contributed by atoms with Crippen molar-refractivity contribution in [2.75, 3.05) is 19.6 Å². The first-order chi connectivity index (χ1) is 10.1. The minimum absolute atomic E-state index is 0.267. The zero-order chi connectivity index (χ0) is 15.3. The van der Waals surface area contributed by atoms with Crippen LogP contribution in [0.3, 0.4) is 0 Å². The van der Waals surface area contributed by atoms with Gasteiger partial charge in [-0.3, -0.25) is 0 Å². The molecular formula is C19H32N2. The predicted molar refractivity (Wildman–Crippen MR) is 91.7 cm³/mol. The first-order valence-electron chi connectivity index (χ1n) is 8.61. The van der Waals surface area contributed by atoms with Crippen LogP contribution < -0.4 is 5.73 Å². The van der Waals surface area contributed by atoms with Gasteiger partial charge in [0.25, 0.3) is 0 Å². The van der Waals surface area contributed by atoms with E-state index in [9.17, 15) is 0 Å². The normalized spacial score (nSPS) is 19.1. The highest BCUT2D eigenvalue weighted by Crippen LogP contribution is 2.44. The zero-order valence-electron chi connectivity index (χ0n) is 14.1. The third-order valence-corrected chi connectivity index (χ3v) is 5.12. The molecule has 1 unspecified atom stereocenters. The van der Waals surface area contributed by atoms with Gasteiger partial charge in [-0.2, -0.15) is 0 Å². The average Bonchev–Trinajstić information content (AvgIpc) is 2.94. The molecule has 0 bridgehead atoms. The maximum Gasteiger partial charge on any atom is 0.0139 e. The lowest BCUT2D eigenvalue weighted by Crippen LogP contribution is -2.38. The Morgan fingerprint density at radius 1 is 1.19 bits per heavy atom. The number of nitrogens with two attached hydrogens (primary N) is 1. The fourth-order valence-electron chi connectivity index (χ4n) is 3.80. The van der Waals surface area contributed by atoms with Crippen LogP contribution in [0, 0.1) is 6.92 Å². The second-order valence-corrected chi connectivity index (χ2v) is 6.97. The van der Waals surface area contributed by atoms with Gasteiger partial charge in [-0.25, -0.2) is 0 Å². The van der Waals surface area contributed by atoms with Crippen molar-refractivity contribution in [3.63, 3.8) is 0 Å². The monoisotopic (exact) mass is 288 g/mol. The van der Waals surface area contributed by atoms with Crippen LogP contribution in [0.1, 0.15) is 57.1 Å². The molecule has 1 aliphatic carbocycles. The van der Waals surface area contributed by atoms with Gasteiger partial charge in [-0.05, 0) is 57.2 Å². The van der Waals surface area contributed by atoms with E-state index in [0.717, 1.165) is 13.1 Å². The van der Waals surface area contributed by atoms with Crippen molar-refractivity contribution in [3.8, 4) is 0 Å². The third kappa shape index (κ3) is 4.31. The molecule has 0 amide bonds. The Hall–Kier alpha value is -0.860. The summed E-state index contributed by atoms with van der Waals surface area (Å²) in [6, 6.07) is 9.54. The molecule has 2 heteroatoms. The van der Waals surface area contributed by atoms with E-state index in [0.29, 0.717) is 5.41 Å². The van der Waals surface area contributed by atoms with E-state index in [1.54, 1.807) is 5.56 Å². The van der Waals surface area contributed by atoms with E-state index in [1.165, 1.54) is 44.2 Å². The van der Waals surface area contributed by atoms with Gasteiger partial charge in [0.15, 0.2) is 0 Å². The van der Waals surface area contributed by atoms with Gasteiger partial charge in [-0.15, -0.1) is 0 Å². The van der Waals surface area contributed by atoms with Crippen molar-refractivity contribution in [3.05, 3.63) is 35.4 Å². The topological polar surface area (TPSA) is 29.3 Å². The molecule has 1 atom stereocenters. The summed E-state index contributed by atoms with van der Waals surface area (Å²) >= 11 is 0.